The normalized spacial score (nSPS) is 11.4. The molecule has 0 fully saturated rings. The van der Waals surface area contributed by atoms with Crippen molar-refractivity contribution < 1.29 is 9.21 Å². The molecule has 0 aliphatic heterocycles. The molecule has 0 radical (unpaired) electrons. The fourth-order valence-electron chi connectivity index (χ4n) is 3.45. The fraction of sp³-hybridized carbons (Fsp3) is 0.0833. The first kappa shape index (κ1) is 21.3. The molecular formula is C24H15Cl3N2O2S. The van der Waals surface area contributed by atoms with Gasteiger partial charge in [-0.3, -0.25) is 4.79 Å². The minimum atomic E-state index is -0.314. The monoisotopic (exact) mass is 500 g/mol. The zero-order valence-electron chi connectivity index (χ0n) is 16.7. The van der Waals surface area contributed by atoms with Crippen LogP contribution in [-0.2, 0) is 6.42 Å². The molecule has 4 nitrogen and oxygen atoms in total. The number of benzene rings is 3. The highest BCUT2D eigenvalue weighted by molar-refractivity contribution is 7.21. The Morgan fingerprint density at radius 1 is 1.06 bits per heavy atom. The average Bonchev–Trinajstić information content (AvgIpc) is 3.35. The maximum Gasteiger partial charge on any atom is 0.267 e. The summed E-state index contributed by atoms with van der Waals surface area (Å²) in [7, 11) is 0. The molecule has 0 unspecified atom stereocenters. The maximum atomic E-state index is 12.9. The Hall–Kier alpha value is -2.57. The molecule has 5 rings (SSSR count). The van der Waals surface area contributed by atoms with Gasteiger partial charge < -0.3 is 9.73 Å². The summed E-state index contributed by atoms with van der Waals surface area (Å²) in [4.78, 5) is 17.9. The third kappa shape index (κ3) is 3.86. The SMILES string of the molecule is CCc1ccc2oc(-c3cc(NC(=O)c4sc5cc(Cl)ccc5c4Cl)ccc3Cl)nc2c1. The maximum absolute atomic E-state index is 12.9. The molecule has 0 atom stereocenters. The zero-order valence-corrected chi connectivity index (χ0v) is 19.8. The molecule has 1 amide bonds. The van der Waals surface area contributed by atoms with Crippen LogP contribution in [0.15, 0.2) is 59.0 Å². The third-order valence-corrected chi connectivity index (χ3v) is 7.33. The van der Waals surface area contributed by atoms with Crippen molar-refractivity contribution in [3.8, 4) is 11.5 Å². The van der Waals surface area contributed by atoms with E-state index in [1.54, 1.807) is 30.3 Å². The Balaban J connectivity index is 1.48. The largest absolute Gasteiger partial charge is 0.436 e. The third-order valence-electron chi connectivity index (χ3n) is 5.11. The second kappa shape index (κ2) is 8.41. The lowest BCUT2D eigenvalue weighted by Gasteiger charge is -2.07. The predicted octanol–water partition coefficient (Wildman–Crippen LogP) is 8.48. The molecule has 32 heavy (non-hydrogen) atoms. The van der Waals surface area contributed by atoms with Crippen molar-refractivity contribution in [1.29, 1.82) is 0 Å². The topological polar surface area (TPSA) is 55.1 Å². The number of carbonyl (C=O) groups is 1. The summed E-state index contributed by atoms with van der Waals surface area (Å²) in [6.07, 6.45) is 0.910. The number of halogens is 3. The Morgan fingerprint density at radius 2 is 1.91 bits per heavy atom. The quantitative estimate of drug-likeness (QED) is 0.268. The molecule has 0 spiro atoms. The summed E-state index contributed by atoms with van der Waals surface area (Å²) in [5.74, 6) is 0.0784. The number of nitrogens with zero attached hydrogens (tertiary/aromatic N) is 1. The van der Waals surface area contributed by atoms with Crippen molar-refractivity contribution in [2.75, 3.05) is 5.32 Å². The van der Waals surface area contributed by atoms with Crippen LogP contribution in [0, 0.1) is 0 Å². The van der Waals surface area contributed by atoms with E-state index in [-0.39, 0.29) is 5.91 Å². The van der Waals surface area contributed by atoms with Crippen molar-refractivity contribution in [2.24, 2.45) is 0 Å². The van der Waals surface area contributed by atoms with Crippen molar-refractivity contribution in [1.82, 2.24) is 4.98 Å². The van der Waals surface area contributed by atoms with Crippen LogP contribution in [0.1, 0.15) is 22.2 Å². The molecule has 8 heteroatoms. The highest BCUT2D eigenvalue weighted by Gasteiger charge is 2.19. The molecule has 0 aliphatic rings. The van der Waals surface area contributed by atoms with E-state index in [4.69, 9.17) is 39.2 Å². The molecule has 2 heterocycles. The van der Waals surface area contributed by atoms with E-state index in [9.17, 15) is 4.79 Å². The van der Waals surface area contributed by atoms with Gasteiger partial charge in [0, 0.05) is 20.8 Å². The van der Waals surface area contributed by atoms with Gasteiger partial charge in [0.05, 0.1) is 15.6 Å². The molecule has 5 aromatic rings. The molecule has 3 aromatic carbocycles. The van der Waals surface area contributed by atoms with Crippen molar-refractivity contribution in [3.05, 3.63) is 80.1 Å². The van der Waals surface area contributed by atoms with Crippen LogP contribution in [0.25, 0.3) is 32.6 Å². The Kier molecular flexibility index (Phi) is 5.59. The minimum Gasteiger partial charge on any atom is -0.436 e. The second-order valence-electron chi connectivity index (χ2n) is 7.21. The number of anilines is 1. The van der Waals surface area contributed by atoms with Crippen LogP contribution in [0.4, 0.5) is 5.69 Å². The lowest BCUT2D eigenvalue weighted by atomic mass is 10.1. The Morgan fingerprint density at radius 3 is 2.72 bits per heavy atom. The number of rotatable bonds is 4. The average molecular weight is 502 g/mol. The number of nitrogens with one attached hydrogen (secondary N) is 1. The first-order valence-corrected chi connectivity index (χ1v) is 11.8. The van der Waals surface area contributed by atoms with Gasteiger partial charge in [0.1, 0.15) is 10.4 Å². The van der Waals surface area contributed by atoms with Gasteiger partial charge in [0.2, 0.25) is 5.89 Å². The number of aromatic nitrogens is 1. The molecule has 0 aliphatic carbocycles. The molecule has 0 bridgehead atoms. The van der Waals surface area contributed by atoms with Crippen LogP contribution in [0.2, 0.25) is 15.1 Å². The number of hydrogen-bond acceptors (Lipinski definition) is 4. The van der Waals surface area contributed by atoms with E-state index in [1.807, 2.05) is 24.3 Å². The van der Waals surface area contributed by atoms with Gasteiger partial charge in [-0.2, -0.15) is 0 Å². The first-order chi connectivity index (χ1) is 15.4. The van der Waals surface area contributed by atoms with Gasteiger partial charge in [0.15, 0.2) is 5.58 Å². The van der Waals surface area contributed by atoms with Gasteiger partial charge in [-0.05, 0) is 54.4 Å². The highest BCUT2D eigenvalue weighted by atomic mass is 35.5. The van der Waals surface area contributed by atoms with Crippen LogP contribution in [0.3, 0.4) is 0 Å². The number of aryl methyl sites for hydroxylation is 1. The van der Waals surface area contributed by atoms with E-state index in [0.29, 0.717) is 42.7 Å². The van der Waals surface area contributed by atoms with Crippen molar-refractivity contribution >= 4 is 78.9 Å². The molecule has 1 N–H and O–H groups in total. The fourth-order valence-corrected chi connectivity index (χ4v) is 5.33. The van der Waals surface area contributed by atoms with Gasteiger partial charge in [-0.1, -0.05) is 53.9 Å². The Bertz CT molecular complexity index is 1510. The number of hydrogen-bond donors (Lipinski definition) is 1. The molecule has 160 valence electrons. The van der Waals surface area contributed by atoms with Crippen molar-refractivity contribution in [2.45, 2.75) is 13.3 Å². The standard InChI is InChI=1S/C24H15Cl3N2O2S/c1-2-12-3-8-19-18(9-12)29-24(31-19)16-11-14(5-7-17(16)26)28-23(30)22-21(27)15-6-4-13(25)10-20(15)32-22/h3-11H,2H2,1H3,(H,28,30). The summed E-state index contributed by atoms with van der Waals surface area (Å²) in [5, 5.41) is 5.15. The Labute approximate surface area is 202 Å². The molecule has 0 saturated carbocycles. The van der Waals surface area contributed by atoms with E-state index >= 15 is 0 Å². The minimum absolute atomic E-state index is 0.314. The van der Waals surface area contributed by atoms with Crippen LogP contribution >= 0.6 is 46.1 Å². The predicted molar refractivity (Wildman–Crippen MR) is 134 cm³/mol. The van der Waals surface area contributed by atoms with Crippen LogP contribution in [-0.4, -0.2) is 10.9 Å². The van der Waals surface area contributed by atoms with Gasteiger partial charge in [-0.15, -0.1) is 11.3 Å². The first-order valence-electron chi connectivity index (χ1n) is 9.81. The summed E-state index contributed by atoms with van der Waals surface area (Å²) in [6.45, 7) is 2.09. The number of thiophene rings is 1. The van der Waals surface area contributed by atoms with E-state index < -0.39 is 0 Å². The summed E-state index contributed by atoms with van der Waals surface area (Å²) in [6, 6.07) is 16.4. The van der Waals surface area contributed by atoms with Gasteiger partial charge >= 0.3 is 0 Å². The zero-order chi connectivity index (χ0) is 22.4. The molecular weight excluding hydrogens is 487 g/mol. The summed E-state index contributed by atoms with van der Waals surface area (Å²) >= 11 is 20.2. The number of amides is 1. The van der Waals surface area contributed by atoms with E-state index in [1.165, 1.54) is 16.9 Å². The van der Waals surface area contributed by atoms with Gasteiger partial charge in [0.25, 0.3) is 5.91 Å². The summed E-state index contributed by atoms with van der Waals surface area (Å²) in [5.41, 5.74) is 3.76. The highest BCUT2D eigenvalue weighted by Crippen LogP contribution is 2.38. The molecule has 2 aromatic heterocycles. The smallest absolute Gasteiger partial charge is 0.267 e. The van der Waals surface area contributed by atoms with Crippen LogP contribution in [0.5, 0.6) is 0 Å². The lowest BCUT2D eigenvalue weighted by molar-refractivity contribution is 0.103. The number of oxazole rings is 1. The van der Waals surface area contributed by atoms with E-state index in [0.717, 1.165) is 22.0 Å². The number of carbonyl (C=O) groups excluding carboxylic acids is 1. The lowest BCUT2D eigenvalue weighted by Crippen LogP contribution is -2.10. The van der Waals surface area contributed by atoms with Crippen molar-refractivity contribution in [3.63, 3.8) is 0 Å². The van der Waals surface area contributed by atoms with Crippen LogP contribution < -0.4 is 5.32 Å². The summed E-state index contributed by atoms with van der Waals surface area (Å²) < 4.78 is 6.76. The number of fused-ring (bicyclic) bond motifs is 2. The molecule has 0 saturated heterocycles. The second-order valence-corrected chi connectivity index (χ2v) is 9.48. The van der Waals surface area contributed by atoms with Gasteiger partial charge in [-0.25, -0.2) is 4.98 Å². The van der Waals surface area contributed by atoms with E-state index in [2.05, 4.69) is 17.2 Å².